The third kappa shape index (κ3) is 4.55. The fourth-order valence-electron chi connectivity index (χ4n) is 6.12. The van der Waals surface area contributed by atoms with Crippen molar-refractivity contribution >= 4 is 35.2 Å². The van der Waals surface area contributed by atoms with Crippen molar-refractivity contribution in [2.24, 2.45) is 0 Å². The zero-order valence-corrected chi connectivity index (χ0v) is 21.7. The van der Waals surface area contributed by atoms with Crippen LogP contribution in [0, 0.1) is 0 Å². The monoisotopic (exact) mass is 497 g/mol. The van der Waals surface area contributed by atoms with Crippen LogP contribution in [0.3, 0.4) is 0 Å². The molecule has 0 bridgehead atoms. The van der Waals surface area contributed by atoms with Crippen LogP contribution in [0.5, 0.6) is 0 Å². The van der Waals surface area contributed by atoms with Gasteiger partial charge in [0.1, 0.15) is 10.7 Å². The number of likely N-dealkylation sites (tertiary alicyclic amines) is 1. The first-order valence-electron chi connectivity index (χ1n) is 12.8. The van der Waals surface area contributed by atoms with E-state index in [-0.39, 0.29) is 0 Å². The molecule has 2 saturated heterocycles. The second kappa shape index (κ2) is 9.90. The topological polar surface area (TPSA) is 46.4 Å². The summed E-state index contributed by atoms with van der Waals surface area (Å²) in [6.07, 6.45) is 11.6. The highest BCUT2D eigenvalue weighted by Crippen LogP contribution is 2.39. The molecule has 1 aliphatic carbocycles. The predicted octanol–water partition coefficient (Wildman–Crippen LogP) is 5.02. The van der Waals surface area contributed by atoms with Gasteiger partial charge in [-0.15, -0.1) is 11.3 Å². The number of piperidine rings is 1. The number of hydrogen-bond donors (Lipinski definition) is 1. The van der Waals surface area contributed by atoms with E-state index < -0.39 is 0 Å². The lowest BCUT2D eigenvalue weighted by Gasteiger charge is -2.38. The fourth-order valence-corrected chi connectivity index (χ4v) is 7.32. The molecule has 6 nitrogen and oxygen atoms in total. The summed E-state index contributed by atoms with van der Waals surface area (Å²) < 4.78 is 7.41. The summed E-state index contributed by atoms with van der Waals surface area (Å²) in [4.78, 5) is 15.0. The number of hydrogen-bond acceptors (Lipinski definition) is 7. The van der Waals surface area contributed by atoms with Crippen LogP contribution < -0.4 is 0 Å². The largest absolute Gasteiger partial charge is 0.379 e. The molecule has 0 radical (unpaired) electrons. The highest BCUT2D eigenvalue weighted by molar-refractivity contribution is 7.78. The second-order valence-corrected chi connectivity index (χ2v) is 11.6. The van der Waals surface area contributed by atoms with Gasteiger partial charge in [-0.3, -0.25) is 8.87 Å². The molecule has 182 valence electrons. The Bertz CT molecular complexity index is 1120. The molecule has 2 aliphatic heterocycles. The van der Waals surface area contributed by atoms with Crippen molar-refractivity contribution in [3.8, 4) is 10.6 Å². The zero-order chi connectivity index (χ0) is 23.1. The Labute approximate surface area is 211 Å². The third-order valence-electron chi connectivity index (χ3n) is 8.27. The van der Waals surface area contributed by atoms with Crippen molar-refractivity contribution in [3.63, 3.8) is 0 Å². The maximum atomic E-state index is 5.55. The highest BCUT2D eigenvalue weighted by Gasteiger charge is 2.28. The minimum atomic E-state index is 0.584. The average Bonchev–Trinajstić information content (AvgIpc) is 3.50. The Kier molecular flexibility index (Phi) is 6.69. The standard InChI is InChI=1S/C26H35N5OS2/c1-29-8-6-19(7-9-29)24-17-34-26(28-24)23-16-31(33)25-22(23)14-20(15-27-25)18-2-4-21(5-3-18)30-10-12-32-13-11-30/h14-19,21,33H,2-13H2,1H3/t18-,21+. The molecule has 8 heteroatoms. The zero-order valence-electron chi connectivity index (χ0n) is 20.0. The summed E-state index contributed by atoms with van der Waals surface area (Å²) in [5.74, 6) is 1.18. The summed E-state index contributed by atoms with van der Waals surface area (Å²) >= 11 is 6.45. The first-order chi connectivity index (χ1) is 16.7. The van der Waals surface area contributed by atoms with Crippen LogP contribution in [0.4, 0.5) is 0 Å². The molecule has 3 aromatic heterocycles. The van der Waals surface area contributed by atoms with Gasteiger partial charge in [0.05, 0.1) is 18.9 Å². The molecule has 0 spiro atoms. The number of thiazole rings is 1. The van der Waals surface area contributed by atoms with Crippen LogP contribution in [0.1, 0.15) is 61.6 Å². The minimum Gasteiger partial charge on any atom is -0.379 e. The molecule has 0 aromatic carbocycles. The van der Waals surface area contributed by atoms with E-state index in [1.807, 2.05) is 3.97 Å². The number of rotatable bonds is 4. The van der Waals surface area contributed by atoms with Crippen LogP contribution in [-0.4, -0.2) is 76.2 Å². The van der Waals surface area contributed by atoms with E-state index >= 15 is 0 Å². The predicted molar refractivity (Wildman–Crippen MR) is 142 cm³/mol. The molecule has 0 amide bonds. The van der Waals surface area contributed by atoms with Crippen LogP contribution in [0.15, 0.2) is 23.8 Å². The molecule has 1 saturated carbocycles. The molecule has 0 N–H and O–H groups in total. The summed E-state index contributed by atoms with van der Waals surface area (Å²) in [7, 11) is 2.21. The Morgan fingerprint density at radius 3 is 2.53 bits per heavy atom. The second-order valence-electron chi connectivity index (χ2n) is 10.3. The first kappa shape index (κ1) is 23.0. The molecule has 0 atom stereocenters. The molecule has 3 fully saturated rings. The van der Waals surface area contributed by atoms with Gasteiger partial charge >= 0.3 is 0 Å². The van der Waals surface area contributed by atoms with Crippen LogP contribution in [0.2, 0.25) is 0 Å². The number of ether oxygens (including phenoxy) is 1. The third-order valence-corrected chi connectivity index (χ3v) is 9.46. The van der Waals surface area contributed by atoms with Gasteiger partial charge in [0.15, 0.2) is 0 Å². The van der Waals surface area contributed by atoms with E-state index in [4.69, 9.17) is 14.7 Å². The number of morpholine rings is 1. The van der Waals surface area contributed by atoms with Gasteiger partial charge in [-0.05, 0) is 76.2 Å². The van der Waals surface area contributed by atoms with Crippen LogP contribution in [0.25, 0.3) is 21.6 Å². The maximum absolute atomic E-state index is 5.55. The smallest absolute Gasteiger partial charge is 0.150 e. The quantitative estimate of drug-likeness (QED) is 0.513. The van der Waals surface area contributed by atoms with Gasteiger partial charge in [-0.1, -0.05) is 12.8 Å². The van der Waals surface area contributed by atoms with E-state index in [1.165, 1.54) is 60.7 Å². The SMILES string of the molecule is CN1CCC(c2csc(-c3cn(S)c4ncc([C@H]5CC[C@@H](N6CCOCC6)CC5)cc34)n2)CC1. The van der Waals surface area contributed by atoms with Gasteiger partial charge < -0.3 is 9.64 Å². The number of thiol groups is 1. The van der Waals surface area contributed by atoms with Crippen molar-refractivity contribution in [2.45, 2.75) is 56.4 Å². The molecule has 34 heavy (non-hydrogen) atoms. The van der Waals surface area contributed by atoms with E-state index in [1.54, 1.807) is 11.3 Å². The lowest BCUT2D eigenvalue weighted by Crippen LogP contribution is -2.44. The van der Waals surface area contributed by atoms with Crippen LogP contribution in [-0.2, 0) is 4.74 Å². The Balaban J connectivity index is 1.21. The minimum absolute atomic E-state index is 0.584. The van der Waals surface area contributed by atoms with Crippen molar-refractivity contribution in [1.29, 1.82) is 0 Å². The lowest BCUT2D eigenvalue weighted by atomic mass is 9.81. The van der Waals surface area contributed by atoms with Gasteiger partial charge in [0.2, 0.25) is 0 Å². The van der Waals surface area contributed by atoms with Gasteiger partial charge in [0.25, 0.3) is 0 Å². The average molecular weight is 498 g/mol. The van der Waals surface area contributed by atoms with E-state index in [0.717, 1.165) is 56.1 Å². The van der Waals surface area contributed by atoms with Crippen LogP contribution >= 0.6 is 24.2 Å². The van der Waals surface area contributed by atoms with Crippen molar-refractivity contribution < 1.29 is 4.74 Å². The summed E-state index contributed by atoms with van der Waals surface area (Å²) in [6, 6.07) is 3.10. The summed E-state index contributed by atoms with van der Waals surface area (Å²) in [5, 5.41) is 4.56. The maximum Gasteiger partial charge on any atom is 0.150 e. The first-order valence-corrected chi connectivity index (χ1v) is 14.1. The number of fused-ring (bicyclic) bond motifs is 1. The van der Waals surface area contributed by atoms with Gasteiger partial charge in [-0.2, -0.15) is 0 Å². The van der Waals surface area contributed by atoms with Gasteiger partial charge in [-0.25, -0.2) is 9.97 Å². The molecule has 3 aromatic rings. The molecule has 6 rings (SSSR count). The van der Waals surface area contributed by atoms with E-state index in [2.05, 4.69) is 53.5 Å². The van der Waals surface area contributed by atoms with Crippen molar-refractivity contribution in [1.82, 2.24) is 23.7 Å². The Morgan fingerprint density at radius 2 is 1.76 bits per heavy atom. The van der Waals surface area contributed by atoms with Crippen molar-refractivity contribution in [3.05, 3.63) is 35.1 Å². The number of pyridine rings is 1. The summed E-state index contributed by atoms with van der Waals surface area (Å²) in [5.41, 5.74) is 4.74. The molecule has 3 aliphatic rings. The molecule has 5 heterocycles. The lowest BCUT2D eigenvalue weighted by molar-refractivity contribution is 0.00729. The Hall–Kier alpha value is -1.45. The Morgan fingerprint density at radius 1 is 1.00 bits per heavy atom. The van der Waals surface area contributed by atoms with E-state index in [9.17, 15) is 0 Å². The molecular weight excluding hydrogens is 462 g/mol. The molecular formula is C26H35N5OS2. The van der Waals surface area contributed by atoms with Crippen molar-refractivity contribution in [2.75, 3.05) is 46.4 Å². The van der Waals surface area contributed by atoms with Gasteiger partial charge in [0, 0.05) is 53.8 Å². The summed E-state index contributed by atoms with van der Waals surface area (Å²) in [6.45, 7) is 6.29. The number of aromatic nitrogens is 3. The normalized spacial score (nSPS) is 25.8. The fraction of sp³-hybridized carbons (Fsp3) is 0.615. The highest BCUT2D eigenvalue weighted by atomic mass is 32.1. The van der Waals surface area contributed by atoms with E-state index in [0.29, 0.717) is 11.8 Å². The molecule has 0 unspecified atom stereocenters. The number of nitrogens with zero attached hydrogens (tertiary/aromatic N) is 5.